The van der Waals surface area contributed by atoms with Crippen LogP contribution >= 0.6 is 11.6 Å². The Balaban J connectivity index is 1.58. The molecule has 2 amide bonds. The molecule has 3 heterocycles. The summed E-state index contributed by atoms with van der Waals surface area (Å²) in [6.45, 7) is 3.87. The van der Waals surface area contributed by atoms with E-state index in [2.05, 4.69) is 16.7 Å². The highest BCUT2D eigenvalue weighted by atomic mass is 35.5. The van der Waals surface area contributed by atoms with Crippen molar-refractivity contribution in [1.82, 2.24) is 14.4 Å². The molecule has 0 aliphatic carbocycles. The Hall–Kier alpha value is -2.05. The lowest BCUT2D eigenvalue weighted by atomic mass is 10.1. The van der Waals surface area contributed by atoms with Gasteiger partial charge in [0.05, 0.1) is 12.6 Å². The maximum Gasteiger partial charge on any atom is 0.245 e. The van der Waals surface area contributed by atoms with Gasteiger partial charge in [0.25, 0.3) is 0 Å². The van der Waals surface area contributed by atoms with E-state index in [1.807, 2.05) is 17.0 Å². The lowest BCUT2D eigenvalue weighted by Crippen LogP contribution is -2.49. The van der Waals surface area contributed by atoms with Gasteiger partial charge in [-0.3, -0.25) is 9.59 Å². The number of fused-ring (bicyclic) bond motifs is 3. The Morgan fingerprint density at radius 2 is 2.08 bits per heavy atom. The van der Waals surface area contributed by atoms with Crippen LogP contribution < -0.4 is 0 Å². The van der Waals surface area contributed by atoms with Gasteiger partial charge in [0.15, 0.2) is 0 Å². The van der Waals surface area contributed by atoms with Gasteiger partial charge in [-0.2, -0.15) is 0 Å². The average Bonchev–Trinajstić information content (AvgIpc) is 3.23. The molecule has 0 unspecified atom stereocenters. The molecule has 0 spiro atoms. The summed E-state index contributed by atoms with van der Waals surface area (Å²) in [6, 6.07) is 7.51. The Morgan fingerprint density at radius 1 is 1.27 bits per heavy atom. The third-order valence-corrected chi connectivity index (χ3v) is 5.85. The molecular formula is C19H22ClN3O3. The second-order valence-electron chi connectivity index (χ2n) is 7.00. The monoisotopic (exact) mass is 375 g/mol. The first-order valence-electron chi connectivity index (χ1n) is 8.85. The normalized spacial score (nSPS) is 22.7. The molecule has 1 aromatic carbocycles. The number of carbonyl (C=O) groups excluding carboxylic acids is 2. The number of hydrogen-bond donors (Lipinski definition) is 0. The number of halogens is 1. The molecule has 4 rings (SSSR count). The van der Waals surface area contributed by atoms with Crippen LogP contribution in [0.3, 0.4) is 0 Å². The number of benzene rings is 1. The van der Waals surface area contributed by atoms with Crippen molar-refractivity contribution in [2.45, 2.75) is 38.6 Å². The Bertz CT molecular complexity index is 878. The van der Waals surface area contributed by atoms with Crippen LogP contribution in [-0.2, 0) is 27.4 Å². The first-order valence-corrected chi connectivity index (χ1v) is 9.23. The van der Waals surface area contributed by atoms with Crippen LogP contribution in [-0.4, -0.2) is 58.5 Å². The molecule has 1 fully saturated rings. The summed E-state index contributed by atoms with van der Waals surface area (Å²) in [5, 5.41) is 1.74. The zero-order chi connectivity index (χ0) is 18.4. The number of likely N-dealkylation sites (tertiary alicyclic amines) is 1. The lowest BCUT2D eigenvalue weighted by molar-refractivity contribution is -0.143. The van der Waals surface area contributed by atoms with Crippen molar-refractivity contribution >= 4 is 34.3 Å². The van der Waals surface area contributed by atoms with Crippen molar-refractivity contribution in [1.29, 1.82) is 0 Å². The highest BCUT2D eigenvalue weighted by molar-refractivity contribution is 6.35. The smallest absolute Gasteiger partial charge is 0.245 e. The van der Waals surface area contributed by atoms with Crippen LogP contribution in [0.1, 0.15) is 19.0 Å². The summed E-state index contributed by atoms with van der Waals surface area (Å²) in [4.78, 5) is 28.5. The number of hydrogen-bond acceptors (Lipinski definition) is 3. The molecular weight excluding hydrogens is 354 g/mol. The van der Waals surface area contributed by atoms with E-state index in [1.165, 1.54) is 6.92 Å². The summed E-state index contributed by atoms with van der Waals surface area (Å²) in [5.74, 6) is -0.0804. The predicted octanol–water partition coefficient (Wildman–Crippen LogP) is 2.27. The van der Waals surface area contributed by atoms with Gasteiger partial charge >= 0.3 is 0 Å². The van der Waals surface area contributed by atoms with Gasteiger partial charge in [-0.15, -0.1) is 0 Å². The van der Waals surface area contributed by atoms with E-state index in [4.69, 9.17) is 16.3 Å². The summed E-state index contributed by atoms with van der Waals surface area (Å²) in [5.41, 5.74) is 2.17. The highest BCUT2D eigenvalue weighted by Crippen LogP contribution is 2.30. The molecule has 0 saturated carbocycles. The van der Waals surface area contributed by atoms with Crippen molar-refractivity contribution in [3.05, 3.63) is 35.0 Å². The number of methoxy groups -OCH3 is 1. The molecule has 0 bridgehead atoms. The van der Waals surface area contributed by atoms with Crippen molar-refractivity contribution in [3.8, 4) is 0 Å². The van der Waals surface area contributed by atoms with Crippen LogP contribution in [0.25, 0.3) is 10.9 Å². The largest absolute Gasteiger partial charge is 0.380 e. The number of nitrogens with zero attached hydrogens (tertiary/aromatic N) is 3. The molecule has 138 valence electrons. The number of aromatic nitrogens is 1. The van der Waals surface area contributed by atoms with Crippen LogP contribution in [0.2, 0.25) is 5.02 Å². The molecule has 26 heavy (non-hydrogen) atoms. The minimum Gasteiger partial charge on any atom is -0.380 e. The fourth-order valence-corrected chi connectivity index (χ4v) is 4.37. The van der Waals surface area contributed by atoms with E-state index < -0.39 is 6.04 Å². The maximum absolute atomic E-state index is 13.1. The summed E-state index contributed by atoms with van der Waals surface area (Å²) in [6.07, 6.45) is 0.475. The molecule has 0 N–H and O–H groups in total. The Labute approximate surface area is 157 Å². The predicted molar refractivity (Wildman–Crippen MR) is 99.0 cm³/mol. The third-order valence-electron chi connectivity index (χ3n) is 5.52. The standard InChI is InChI=1S/C19H22ClN3O3/c1-12(24)23-11-14(26-2)9-18(23)19(25)21-6-7-22-13(10-21)8-15-16(20)4-3-5-17(15)22/h3-5,8,14,18H,6-7,9-11H2,1-2H3/t14-,18+/m0/s1. The zero-order valence-corrected chi connectivity index (χ0v) is 15.7. The minimum atomic E-state index is -0.433. The van der Waals surface area contributed by atoms with Crippen molar-refractivity contribution in [3.63, 3.8) is 0 Å². The highest BCUT2D eigenvalue weighted by Gasteiger charge is 2.41. The van der Waals surface area contributed by atoms with E-state index in [-0.39, 0.29) is 17.9 Å². The van der Waals surface area contributed by atoms with E-state index >= 15 is 0 Å². The van der Waals surface area contributed by atoms with Gasteiger partial charge < -0.3 is 19.1 Å². The van der Waals surface area contributed by atoms with Gasteiger partial charge in [-0.25, -0.2) is 0 Å². The zero-order valence-electron chi connectivity index (χ0n) is 14.9. The third kappa shape index (κ3) is 2.77. The second kappa shape index (κ2) is 6.59. The number of rotatable bonds is 2. The first kappa shape index (κ1) is 17.4. The van der Waals surface area contributed by atoms with E-state index in [9.17, 15) is 9.59 Å². The van der Waals surface area contributed by atoms with Crippen LogP contribution in [0.15, 0.2) is 24.3 Å². The van der Waals surface area contributed by atoms with Gasteiger partial charge in [0.1, 0.15) is 6.04 Å². The minimum absolute atomic E-state index is 0.00218. The van der Waals surface area contributed by atoms with Crippen LogP contribution in [0.5, 0.6) is 0 Å². The molecule has 0 radical (unpaired) electrons. The topological polar surface area (TPSA) is 54.8 Å². The fourth-order valence-electron chi connectivity index (χ4n) is 4.14. The van der Waals surface area contributed by atoms with E-state index in [0.717, 1.165) is 28.2 Å². The molecule has 6 nitrogen and oxygen atoms in total. The van der Waals surface area contributed by atoms with Gasteiger partial charge in [-0.1, -0.05) is 17.7 Å². The van der Waals surface area contributed by atoms with Gasteiger partial charge in [0.2, 0.25) is 11.8 Å². The number of amides is 2. The van der Waals surface area contributed by atoms with Crippen LogP contribution in [0.4, 0.5) is 0 Å². The first-order chi connectivity index (χ1) is 12.5. The fraction of sp³-hybridized carbons (Fsp3) is 0.474. The summed E-state index contributed by atoms with van der Waals surface area (Å²) >= 11 is 6.31. The lowest BCUT2D eigenvalue weighted by Gasteiger charge is -2.33. The quantitative estimate of drug-likeness (QED) is 0.809. The molecule has 7 heteroatoms. The molecule has 2 aliphatic rings. The SMILES string of the molecule is CO[C@H]1C[C@H](C(=O)N2CCn3c(cc4c(Cl)cccc43)C2)N(C(C)=O)C1. The summed E-state index contributed by atoms with van der Waals surface area (Å²) < 4.78 is 7.61. The Kier molecular flexibility index (Phi) is 4.40. The molecule has 1 aromatic heterocycles. The molecule has 2 atom stereocenters. The maximum atomic E-state index is 13.1. The van der Waals surface area contributed by atoms with E-state index in [1.54, 1.807) is 12.0 Å². The summed E-state index contributed by atoms with van der Waals surface area (Å²) in [7, 11) is 1.62. The molecule has 1 saturated heterocycles. The average molecular weight is 376 g/mol. The van der Waals surface area contributed by atoms with Gasteiger partial charge in [-0.05, 0) is 18.2 Å². The Morgan fingerprint density at radius 3 is 2.81 bits per heavy atom. The van der Waals surface area contributed by atoms with Crippen LogP contribution in [0, 0.1) is 0 Å². The number of carbonyl (C=O) groups is 2. The molecule has 2 aromatic rings. The van der Waals surface area contributed by atoms with Crippen molar-refractivity contribution in [2.75, 3.05) is 20.2 Å². The number of ether oxygens (including phenoxy) is 1. The van der Waals surface area contributed by atoms with Crippen molar-refractivity contribution in [2.24, 2.45) is 0 Å². The van der Waals surface area contributed by atoms with Crippen molar-refractivity contribution < 1.29 is 14.3 Å². The second-order valence-corrected chi connectivity index (χ2v) is 7.41. The molecule has 2 aliphatic heterocycles. The van der Waals surface area contributed by atoms with E-state index in [0.29, 0.717) is 26.1 Å². The van der Waals surface area contributed by atoms with Gasteiger partial charge in [0, 0.05) is 61.7 Å².